The van der Waals surface area contributed by atoms with Crippen molar-refractivity contribution in [1.82, 2.24) is 15.1 Å². The molecule has 1 atom stereocenters. The molecule has 0 bridgehead atoms. The van der Waals surface area contributed by atoms with E-state index in [1.807, 2.05) is 17.0 Å². The highest BCUT2D eigenvalue weighted by Gasteiger charge is 2.53. The molecule has 1 spiro atoms. The van der Waals surface area contributed by atoms with Gasteiger partial charge in [-0.25, -0.2) is 4.39 Å². The molecule has 0 aromatic heterocycles. The number of unbranched alkanes of at least 4 members (excludes halogenated alkanes) is 1. The molecular weight excluding hydrogens is 405 g/mol. The van der Waals surface area contributed by atoms with Crippen molar-refractivity contribution in [1.29, 1.82) is 0 Å². The molecule has 2 aliphatic heterocycles. The number of nitrogens with one attached hydrogen (secondary N) is 1. The van der Waals surface area contributed by atoms with Crippen LogP contribution in [0.4, 0.5) is 4.39 Å². The maximum Gasteiger partial charge on any atom is 0.246 e. The Morgan fingerprint density at radius 3 is 2.41 bits per heavy atom. The minimum absolute atomic E-state index is 0.0513. The predicted molar refractivity (Wildman–Crippen MR) is 123 cm³/mol. The van der Waals surface area contributed by atoms with Gasteiger partial charge in [0.1, 0.15) is 17.4 Å². The number of piperazine rings is 1. The third-order valence-corrected chi connectivity index (χ3v) is 7.84. The number of carbonyl (C=O) groups is 2. The lowest BCUT2D eigenvalue weighted by atomic mass is 9.79. The van der Waals surface area contributed by atoms with Crippen LogP contribution in [-0.4, -0.2) is 52.8 Å². The van der Waals surface area contributed by atoms with Crippen LogP contribution in [0.2, 0.25) is 0 Å². The highest BCUT2D eigenvalue weighted by atomic mass is 19.1. The quantitative estimate of drug-likeness (QED) is 0.685. The Bertz CT molecular complexity index is 783. The first kappa shape index (κ1) is 23.2. The molecule has 0 radical (unpaired) electrons. The summed E-state index contributed by atoms with van der Waals surface area (Å²) in [4.78, 5) is 31.3. The summed E-state index contributed by atoms with van der Waals surface area (Å²) in [6.45, 7) is 5.06. The lowest BCUT2D eigenvalue weighted by Gasteiger charge is -2.52. The molecule has 1 aromatic rings. The molecule has 4 rings (SSSR count). The van der Waals surface area contributed by atoms with Gasteiger partial charge < -0.3 is 10.2 Å². The monoisotopic (exact) mass is 443 g/mol. The smallest absolute Gasteiger partial charge is 0.246 e. The number of likely N-dealkylation sites (tertiary alicyclic amines) is 1. The molecule has 1 aromatic carbocycles. The van der Waals surface area contributed by atoms with E-state index in [0.717, 1.165) is 44.5 Å². The van der Waals surface area contributed by atoms with Gasteiger partial charge in [-0.15, -0.1) is 0 Å². The second-order valence-corrected chi connectivity index (χ2v) is 10.0. The molecule has 176 valence electrons. The summed E-state index contributed by atoms with van der Waals surface area (Å²) < 4.78 is 13.2. The van der Waals surface area contributed by atoms with Crippen molar-refractivity contribution in [2.24, 2.45) is 5.92 Å². The van der Waals surface area contributed by atoms with Gasteiger partial charge in [-0.2, -0.15) is 0 Å². The van der Waals surface area contributed by atoms with E-state index in [-0.39, 0.29) is 23.7 Å². The van der Waals surface area contributed by atoms with Gasteiger partial charge in [0.25, 0.3) is 0 Å². The minimum Gasteiger partial charge on any atom is -0.342 e. The number of hydrogen-bond acceptors (Lipinski definition) is 3. The van der Waals surface area contributed by atoms with Crippen LogP contribution < -0.4 is 5.32 Å². The van der Waals surface area contributed by atoms with Crippen LogP contribution >= 0.6 is 0 Å². The van der Waals surface area contributed by atoms with Crippen LogP contribution in [0.25, 0.3) is 0 Å². The van der Waals surface area contributed by atoms with Crippen molar-refractivity contribution in [2.75, 3.05) is 19.6 Å². The van der Waals surface area contributed by atoms with Crippen LogP contribution in [0.1, 0.15) is 76.7 Å². The first-order valence-corrected chi connectivity index (χ1v) is 12.6. The Balaban J connectivity index is 1.44. The van der Waals surface area contributed by atoms with Gasteiger partial charge in [-0.1, -0.05) is 57.6 Å². The Hall–Kier alpha value is -1.95. The lowest BCUT2D eigenvalue weighted by molar-refractivity contribution is -0.162. The fourth-order valence-corrected chi connectivity index (χ4v) is 5.86. The fourth-order valence-electron chi connectivity index (χ4n) is 5.86. The van der Waals surface area contributed by atoms with Crippen molar-refractivity contribution < 1.29 is 14.0 Å². The molecule has 2 heterocycles. The average molecular weight is 444 g/mol. The number of amides is 2. The summed E-state index contributed by atoms with van der Waals surface area (Å²) in [6, 6.07) is 6.27. The molecule has 1 N–H and O–H groups in total. The van der Waals surface area contributed by atoms with Crippen molar-refractivity contribution in [3.63, 3.8) is 0 Å². The van der Waals surface area contributed by atoms with E-state index in [1.165, 1.54) is 44.2 Å². The number of nitrogens with zero attached hydrogens (tertiary/aromatic N) is 2. The molecule has 2 saturated heterocycles. The standard InChI is InChI=1S/C26H38FN3O2/c1-2-3-15-30-24(31)23(18-20-7-5-4-6-8-20)28-25(32)26(30)13-16-29(17-14-26)19-21-9-11-22(27)12-10-21/h9-12,20,23H,2-8,13-19H2,1H3,(H,28,32). The lowest BCUT2D eigenvalue weighted by Crippen LogP contribution is -2.73. The zero-order valence-electron chi connectivity index (χ0n) is 19.5. The summed E-state index contributed by atoms with van der Waals surface area (Å²) in [5, 5.41) is 3.16. The molecular formula is C26H38FN3O2. The molecule has 3 aliphatic rings. The Labute approximate surface area is 191 Å². The van der Waals surface area contributed by atoms with Crippen molar-refractivity contribution in [3.8, 4) is 0 Å². The van der Waals surface area contributed by atoms with E-state index in [0.29, 0.717) is 25.3 Å². The molecule has 6 heteroatoms. The summed E-state index contributed by atoms with van der Waals surface area (Å²) in [6.07, 6.45) is 10.2. The maximum absolute atomic E-state index is 13.6. The zero-order valence-corrected chi connectivity index (χ0v) is 19.5. The number of benzene rings is 1. The summed E-state index contributed by atoms with van der Waals surface area (Å²) >= 11 is 0. The first-order valence-electron chi connectivity index (χ1n) is 12.6. The van der Waals surface area contributed by atoms with Gasteiger partial charge in [0.15, 0.2) is 0 Å². The number of rotatable bonds is 7. The van der Waals surface area contributed by atoms with Gasteiger partial charge in [0, 0.05) is 26.2 Å². The third kappa shape index (κ3) is 5.00. The maximum atomic E-state index is 13.6. The van der Waals surface area contributed by atoms with Gasteiger partial charge in [0.05, 0.1) is 0 Å². The van der Waals surface area contributed by atoms with E-state index in [4.69, 9.17) is 0 Å². The van der Waals surface area contributed by atoms with Gasteiger partial charge >= 0.3 is 0 Å². The normalized spacial score (nSPS) is 24.7. The van der Waals surface area contributed by atoms with E-state index < -0.39 is 5.54 Å². The zero-order chi connectivity index (χ0) is 22.6. The molecule has 2 amide bonds. The molecule has 3 fully saturated rings. The first-order chi connectivity index (χ1) is 15.5. The van der Waals surface area contributed by atoms with Crippen LogP contribution in [-0.2, 0) is 16.1 Å². The molecule has 1 saturated carbocycles. The number of carbonyl (C=O) groups excluding carboxylic acids is 2. The van der Waals surface area contributed by atoms with Crippen molar-refractivity contribution >= 4 is 11.8 Å². The molecule has 1 aliphatic carbocycles. The van der Waals surface area contributed by atoms with E-state index in [9.17, 15) is 14.0 Å². The fraction of sp³-hybridized carbons (Fsp3) is 0.692. The SMILES string of the molecule is CCCCN1C(=O)C(CC2CCCCC2)NC(=O)C12CCN(Cc1ccc(F)cc1)CC2. The second kappa shape index (κ2) is 10.3. The van der Waals surface area contributed by atoms with Crippen molar-refractivity contribution in [2.45, 2.75) is 89.3 Å². The number of halogens is 1. The Morgan fingerprint density at radius 2 is 1.75 bits per heavy atom. The van der Waals surface area contributed by atoms with E-state index in [2.05, 4.69) is 17.1 Å². The largest absolute Gasteiger partial charge is 0.342 e. The topological polar surface area (TPSA) is 52.7 Å². The molecule has 32 heavy (non-hydrogen) atoms. The summed E-state index contributed by atoms with van der Waals surface area (Å²) in [5.74, 6) is 0.516. The van der Waals surface area contributed by atoms with E-state index in [1.54, 1.807) is 0 Å². The van der Waals surface area contributed by atoms with Gasteiger partial charge in [0.2, 0.25) is 11.8 Å². The summed E-state index contributed by atoms with van der Waals surface area (Å²) in [5.41, 5.74) is 0.358. The highest BCUT2D eigenvalue weighted by Crippen LogP contribution is 2.36. The third-order valence-electron chi connectivity index (χ3n) is 7.84. The number of hydrogen-bond donors (Lipinski definition) is 1. The minimum atomic E-state index is -0.714. The van der Waals surface area contributed by atoms with Crippen LogP contribution in [0, 0.1) is 11.7 Å². The second-order valence-electron chi connectivity index (χ2n) is 10.0. The number of piperidine rings is 1. The molecule has 5 nitrogen and oxygen atoms in total. The Morgan fingerprint density at radius 1 is 1.06 bits per heavy atom. The van der Waals surface area contributed by atoms with Crippen LogP contribution in [0.3, 0.4) is 0 Å². The Kier molecular flexibility index (Phi) is 7.49. The van der Waals surface area contributed by atoms with Crippen LogP contribution in [0.15, 0.2) is 24.3 Å². The van der Waals surface area contributed by atoms with Crippen molar-refractivity contribution in [3.05, 3.63) is 35.6 Å². The van der Waals surface area contributed by atoms with Crippen LogP contribution in [0.5, 0.6) is 0 Å². The molecule has 1 unspecified atom stereocenters. The van der Waals surface area contributed by atoms with Gasteiger partial charge in [-0.3, -0.25) is 14.5 Å². The van der Waals surface area contributed by atoms with E-state index >= 15 is 0 Å². The summed E-state index contributed by atoms with van der Waals surface area (Å²) in [7, 11) is 0. The van der Waals surface area contributed by atoms with Gasteiger partial charge in [-0.05, 0) is 49.3 Å². The highest BCUT2D eigenvalue weighted by molar-refractivity contribution is 6.00. The average Bonchev–Trinajstić information content (AvgIpc) is 2.81. The predicted octanol–water partition coefficient (Wildman–Crippen LogP) is 4.26.